The predicted molar refractivity (Wildman–Crippen MR) is 174 cm³/mol. The van der Waals surface area contributed by atoms with Crippen molar-refractivity contribution >= 4 is 43.5 Å². The van der Waals surface area contributed by atoms with E-state index < -0.39 is 28.5 Å². The van der Waals surface area contributed by atoms with Crippen LogP contribution in [0, 0.1) is 20.8 Å². The molecule has 0 fully saturated rings. The van der Waals surface area contributed by atoms with Crippen LogP contribution in [0.2, 0.25) is 0 Å². The summed E-state index contributed by atoms with van der Waals surface area (Å²) in [7, 11) is -2.61. The standard InChI is InChI=1S/C34H36BrN3O4S/c1-24-13-15-31(16-14-24)43(41,42)38(30-18-25(2)17-26(3)19-30)23-33(39)37(22-28-11-8-12-29(35)20-28)32(34(40)36-4)21-27-9-6-5-7-10-27/h5-20,32H,21-23H2,1-4H3,(H,36,40)/t32-/m1/s1. The van der Waals surface area contributed by atoms with Crippen molar-refractivity contribution in [3.8, 4) is 0 Å². The molecule has 4 rings (SSSR count). The van der Waals surface area contributed by atoms with Crippen LogP contribution in [0.3, 0.4) is 0 Å². The normalized spacial score (nSPS) is 11.9. The number of likely N-dealkylation sites (N-methyl/N-ethyl adjacent to an activating group) is 1. The molecule has 224 valence electrons. The van der Waals surface area contributed by atoms with Gasteiger partial charge in [-0.3, -0.25) is 13.9 Å². The van der Waals surface area contributed by atoms with Crippen LogP contribution in [-0.4, -0.2) is 44.8 Å². The Bertz CT molecular complexity index is 1670. The fraction of sp³-hybridized carbons (Fsp3) is 0.235. The number of halogens is 1. The number of sulfonamides is 1. The lowest BCUT2D eigenvalue weighted by atomic mass is 10.0. The number of carbonyl (C=O) groups is 2. The molecule has 0 aliphatic heterocycles. The average molecular weight is 663 g/mol. The number of amides is 2. The zero-order valence-electron chi connectivity index (χ0n) is 24.7. The summed E-state index contributed by atoms with van der Waals surface area (Å²) < 4.78 is 30.3. The average Bonchev–Trinajstić information content (AvgIpc) is 2.97. The topological polar surface area (TPSA) is 86.8 Å². The second-order valence-corrected chi connectivity index (χ2v) is 13.4. The zero-order valence-corrected chi connectivity index (χ0v) is 27.2. The van der Waals surface area contributed by atoms with Gasteiger partial charge in [-0.15, -0.1) is 0 Å². The van der Waals surface area contributed by atoms with E-state index in [-0.39, 0.29) is 23.8 Å². The predicted octanol–water partition coefficient (Wildman–Crippen LogP) is 5.96. The zero-order chi connectivity index (χ0) is 31.1. The molecule has 0 aromatic heterocycles. The molecule has 0 saturated carbocycles. The van der Waals surface area contributed by atoms with Crippen LogP contribution in [0.5, 0.6) is 0 Å². The number of anilines is 1. The van der Waals surface area contributed by atoms with Crippen LogP contribution in [-0.2, 0) is 32.6 Å². The van der Waals surface area contributed by atoms with Crippen LogP contribution >= 0.6 is 15.9 Å². The van der Waals surface area contributed by atoms with Crippen molar-refractivity contribution in [2.45, 2.75) is 44.7 Å². The van der Waals surface area contributed by atoms with Gasteiger partial charge in [-0.05, 0) is 79.4 Å². The van der Waals surface area contributed by atoms with Crippen molar-refractivity contribution in [1.82, 2.24) is 10.2 Å². The monoisotopic (exact) mass is 661 g/mol. The van der Waals surface area contributed by atoms with E-state index in [0.29, 0.717) is 5.69 Å². The first-order valence-electron chi connectivity index (χ1n) is 13.9. The molecule has 0 spiro atoms. The Kier molecular flexibility index (Phi) is 10.4. The van der Waals surface area contributed by atoms with Crippen molar-refractivity contribution in [2.24, 2.45) is 0 Å². The smallest absolute Gasteiger partial charge is 0.264 e. The second kappa shape index (κ2) is 14.0. The Morgan fingerprint density at radius 2 is 1.42 bits per heavy atom. The SMILES string of the molecule is CNC(=O)[C@@H](Cc1ccccc1)N(Cc1cccc(Br)c1)C(=O)CN(c1cc(C)cc(C)c1)S(=O)(=O)c1ccc(C)cc1. The van der Waals surface area contributed by atoms with Gasteiger partial charge < -0.3 is 10.2 Å². The van der Waals surface area contributed by atoms with Gasteiger partial charge in [-0.25, -0.2) is 8.42 Å². The van der Waals surface area contributed by atoms with E-state index in [1.165, 1.54) is 11.9 Å². The maximum atomic E-state index is 14.4. The Balaban J connectivity index is 1.81. The van der Waals surface area contributed by atoms with Crippen molar-refractivity contribution in [2.75, 3.05) is 17.9 Å². The van der Waals surface area contributed by atoms with Gasteiger partial charge in [0.05, 0.1) is 10.6 Å². The van der Waals surface area contributed by atoms with E-state index in [2.05, 4.69) is 21.2 Å². The Hall–Kier alpha value is -3.95. The van der Waals surface area contributed by atoms with Crippen molar-refractivity contribution in [3.63, 3.8) is 0 Å². The number of aryl methyl sites for hydroxylation is 3. The van der Waals surface area contributed by atoms with Gasteiger partial charge in [0.25, 0.3) is 10.0 Å². The molecule has 0 radical (unpaired) electrons. The van der Waals surface area contributed by atoms with Gasteiger partial charge in [-0.2, -0.15) is 0 Å². The third-order valence-electron chi connectivity index (χ3n) is 7.14. The van der Waals surface area contributed by atoms with Gasteiger partial charge in [-0.1, -0.05) is 82.2 Å². The minimum atomic E-state index is -4.15. The van der Waals surface area contributed by atoms with Crippen molar-refractivity contribution in [3.05, 3.63) is 129 Å². The molecule has 4 aromatic rings. The molecule has 0 saturated heterocycles. The molecule has 4 aromatic carbocycles. The summed E-state index contributed by atoms with van der Waals surface area (Å²) in [6.07, 6.45) is 0.258. The lowest BCUT2D eigenvalue weighted by molar-refractivity contribution is -0.139. The highest BCUT2D eigenvalue weighted by atomic mass is 79.9. The molecule has 7 nitrogen and oxygen atoms in total. The number of hydrogen-bond acceptors (Lipinski definition) is 4. The molecule has 2 amide bonds. The summed E-state index contributed by atoms with van der Waals surface area (Å²) in [6, 6.07) is 28.1. The molecule has 1 atom stereocenters. The first-order valence-corrected chi connectivity index (χ1v) is 16.2. The quantitative estimate of drug-likeness (QED) is 0.215. The fourth-order valence-electron chi connectivity index (χ4n) is 5.01. The van der Waals surface area contributed by atoms with Gasteiger partial charge in [0.15, 0.2) is 0 Å². The highest BCUT2D eigenvalue weighted by Gasteiger charge is 2.34. The van der Waals surface area contributed by atoms with Gasteiger partial charge in [0.2, 0.25) is 11.8 Å². The van der Waals surface area contributed by atoms with Crippen LogP contribution in [0.25, 0.3) is 0 Å². The highest BCUT2D eigenvalue weighted by molar-refractivity contribution is 9.10. The molecule has 0 aliphatic rings. The molecular weight excluding hydrogens is 626 g/mol. The number of nitrogens with zero attached hydrogens (tertiary/aromatic N) is 2. The molecular formula is C34H36BrN3O4S. The first kappa shape index (κ1) is 32.0. The lowest BCUT2D eigenvalue weighted by Gasteiger charge is -2.33. The Labute approximate surface area is 262 Å². The molecule has 1 N–H and O–H groups in total. The summed E-state index contributed by atoms with van der Waals surface area (Å²) in [5.74, 6) is -0.842. The number of carbonyl (C=O) groups excluding carboxylic acids is 2. The summed E-state index contributed by atoms with van der Waals surface area (Å²) in [5.41, 5.74) is 4.70. The summed E-state index contributed by atoms with van der Waals surface area (Å²) in [5, 5.41) is 2.71. The minimum Gasteiger partial charge on any atom is -0.357 e. The van der Waals surface area contributed by atoms with E-state index in [0.717, 1.165) is 36.6 Å². The van der Waals surface area contributed by atoms with Crippen LogP contribution in [0.1, 0.15) is 27.8 Å². The van der Waals surface area contributed by atoms with Gasteiger partial charge >= 0.3 is 0 Å². The van der Waals surface area contributed by atoms with Crippen molar-refractivity contribution in [1.29, 1.82) is 0 Å². The molecule has 9 heteroatoms. The fourth-order valence-corrected chi connectivity index (χ4v) is 6.86. The number of rotatable bonds is 11. The van der Waals surface area contributed by atoms with E-state index >= 15 is 0 Å². The summed E-state index contributed by atoms with van der Waals surface area (Å²) in [4.78, 5) is 29.3. The van der Waals surface area contributed by atoms with E-state index in [1.54, 1.807) is 36.4 Å². The maximum absolute atomic E-state index is 14.4. The molecule has 43 heavy (non-hydrogen) atoms. The largest absolute Gasteiger partial charge is 0.357 e. The number of nitrogens with one attached hydrogen (secondary N) is 1. The summed E-state index contributed by atoms with van der Waals surface area (Å²) >= 11 is 3.49. The molecule has 0 aliphatic carbocycles. The van der Waals surface area contributed by atoms with E-state index in [4.69, 9.17) is 0 Å². The van der Waals surface area contributed by atoms with Gasteiger partial charge in [0.1, 0.15) is 12.6 Å². The molecule has 0 bridgehead atoms. The maximum Gasteiger partial charge on any atom is 0.264 e. The Morgan fingerprint density at radius 1 is 0.791 bits per heavy atom. The van der Waals surface area contributed by atoms with E-state index in [9.17, 15) is 18.0 Å². The number of hydrogen-bond donors (Lipinski definition) is 1. The molecule has 0 unspecified atom stereocenters. The van der Waals surface area contributed by atoms with Crippen LogP contribution in [0.4, 0.5) is 5.69 Å². The Morgan fingerprint density at radius 3 is 2.02 bits per heavy atom. The van der Waals surface area contributed by atoms with Gasteiger partial charge in [0, 0.05) is 24.5 Å². The van der Waals surface area contributed by atoms with Crippen LogP contribution < -0.4 is 9.62 Å². The first-order chi connectivity index (χ1) is 20.5. The van der Waals surface area contributed by atoms with Crippen molar-refractivity contribution < 1.29 is 18.0 Å². The minimum absolute atomic E-state index is 0.0794. The van der Waals surface area contributed by atoms with E-state index in [1.807, 2.05) is 81.4 Å². The summed E-state index contributed by atoms with van der Waals surface area (Å²) in [6.45, 7) is 5.27. The third-order valence-corrected chi connectivity index (χ3v) is 9.42. The highest BCUT2D eigenvalue weighted by Crippen LogP contribution is 2.27. The number of benzene rings is 4. The third kappa shape index (κ3) is 8.12. The van der Waals surface area contributed by atoms with Crippen LogP contribution in [0.15, 0.2) is 106 Å². The lowest BCUT2D eigenvalue weighted by Crippen LogP contribution is -2.53. The second-order valence-electron chi connectivity index (χ2n) is 10.6. The molecule has 0 heterocycles.